The van der Waals surface area contributed by atoms with Crippen LogP contribution in [0.25, 0.3) is 0 Å². The quantitative estimate of drug-likeness (QED) is 0.447. The molecule has 9 atom stereocenters. The summed E-state index contributed by atoms with van der Waals surface area (Å²) in [7, 11) is 0. The van der Waals surface area contributed by atoms with Crippen molar-refractivity contribution in [2.24, 2.45) is 52.3 Å². The van der Waals surface area contributed by atoms with Crippen LogP contribution in [-0.4, -0.2) is 11.2 Å². The van der Waals surface area contributed by atoms with Crippen LogP contribution in [0.5, 0.6) is 0 Å². The number of hydrogen-bond donors (Lipinski definition) is 1. The molecule has 1 N–H and O–H groups in total. The van der Waals surface area contributed by atoms with Crippen molar-refractivity contribution in [3.63, 3.8) is 0 Å². The average Bonchev–Trinajstić information content (AvgIpc) is 3.03. The van der Waals surface area contributed by atoms with Gasteiger partial charge >= 0.3 is 0 Å². The summed E-state index contributed by atoms with van der Waals surface area (Å²) in [4.78, 5) is 0. The molecule has 0 aromatic carbocycles. The molecule has 4 aliphatic carbocycles. The van der Waals surface area contributed by atoms with E-state index in [1.54, 1.807) is 5.57 Å². The summed E-state index contributed by atoms with van der Waals surface area (Å²) in [5.41, 5.74) is 2.59. The van der Waals surface area contributed by atoms with Crippen LogP contribution in [0.4, 0.5) is 0 Å². The van der Waals surface area contributed by atoms with Crippen molar-refractivity contribution >= 4 is 0 Å². The second-order valence-corrected chi connectivity index (χ2v) is 12.7. The third kappa shape index (κ3) is 3.95. The van der Waals surface area contributed by atoms with Gasteiger partial charge in [0.1, 0.15) is 0 Å². The number of allylic oxidation sites excluding steroid dienone is 1. The molecule has 0 heterocycles. The maximum atomic E-state index is 10.2. The lowest BCUT2D eigenvalue weighted by molar-refractivity contribution is -0.0574. The summed E-state index contributed by atoms with van der Waals surface area (Å²) < 4.78 is 0. The maximum Gasteiger partial charge on any atom is 0.0577 e. The molecule has 0 aromatic rings. The zero-order chi connectivity index (χ0) is 21.0. The zero-order valence-corrected chi connectivity index (χ0v) is 20.2. The van der Waals surface area contributed by atoms with Gasteiger partial charge in [-0.2, -0.15) is 0 Å². The van der Waals surface area contributed by atoms with E-state index in [4.69, 9.17) is 0 Å². The van der Waals surface area contributed by atoms with Gasteiger partial charge in [0.05, 0.1) is 6.10 Å². The van der Waals surface area contributed by atoms with Crippen LogP contribution < -0.4 is 0 Å². The van der Waals surface area contributed by atoms with Gasteiger partial charge in [-0.25, -0.2) is 0 Å². The molecule has 174 valence electrons. The molecule has 9 unspecified atom stereocenters. The van der Waals surface area contributed by atoms with Crippen molar-refractivity contribution in [2.45, 2.75) is 119 Å². The number of rotatable bonds is 5. The molecule has 3 fully saturated rings. The Morgan fingerprint density at radius 2 is 1.70 bits per heavy atom. The van der Waals surface area contributed by atoms with Gasteiger partial charge in [-0.15, -0.1) is 0 Å². The van der Waals surface area contributed by atoms with E-state index in [0.29, 0.717) is 10.8 Å². The second kappa shape index (κ2) is 8.92. The highest BCUT2D eigenvalue weighted by Gasteiger charge is 2.59. The molecule has 0 bridgehead atoms. The van der Waals surface area contributed by atoms with Gasteiger partial charge in [0.2, 0.25) is 0 Å². The van der Waals surface area contributed by atoms with E-state index in [1.165, 1.54) is 51.4 Å². The van der Waals surface area contributed by atoms with Crippen LogP contribution in [0.3, 0.4) is 0 Å². The van der Waals surface area contributed by atoms with Crippen LogP contribution in [0.1, 0.15) is 113 Å². The molecular weight excluding hydrogens is 364 g/mol. The first-order valence-electron chi connectivity index (χ1n) is 13.0. The fourth-order valence-electron chi connectivity index (χ4n) is 8.68. The maximum absolute atomic E-state index is 10.2. The van der Waals surface area contributed by atoms with Crippen molar-refractivity contribution in [3.8, 4) is 0 Å². The molecule has 0 aromatic heterocycles. The summed E-state index contributed by atoms with van der Waals surface area (Å²) in [5.74, 6) is 6.24. The predicted octanol–water partition coefficient (Wildman–Crippen LogP) is 8.27. The molecule has 30 heavy (non-hydrogen) atoms. The van der Waals surface area contributed by atoms with E-state index in [0.717, 1.165) is 54.3 Å². The Bertz CT molecular complexity index is 620. The predicted molar refractivity (Wildman–Crippen MR) is 130 cm³/mol. The number of hydrogen-bond acceptors (Lipinski definition) is 1. The second-order valence-electron chi connectivity index (χ2n) is 12.7. The van der Waals surface area contributed by atoms with Gasteiger partial charge in [-0.1, -0.05) is 73.5 Å². The van der Waals surface area contributed by atoms with E-state index >= 15 is 0 Å². The van der Waals surface area contributed by atoms with Crippen LogP contribution in [0, 0.1) is 52.3 Å². The lowest BCUT2D eigenvalue weighted by Crippen LogP contribution is -2.50. The van der Waals surface area contributed by atoms with Crippen molar-refractivity contribution in [2.75, 3.05) is 0 Å². The Morgan fingerprint density at radius 1 is 0.967 bits per heavy atom. The Kier molecular flexibility index (Phi) is 7.23. The first-order valence-corrected chi connectivity index (χ1v) is 13.0. The average molecular weight is 417 g/mol. The summed E-state index contributed by atoms with van der Waals surface area (Å²) in [6, 6.07) is 0. The normalized spacial score (nSPS) is 44.9. The molecule has 0 aliphatic heterocycles. The minimum Gasteiger partial charge on any atom is -0.393 e. The Balaban J connectivity index is 0.00000256. The van der Waals surface area contributed by atoms with Gasteiger partial charge in [-0.3, -0.25) is 0 Å². The van der Waals surface area contributed by atoms with E-state index in [9.17, 15) is 5.11 Å². The third-order valence-corrected chi connectivity index (χ3v) is 11.1. The van der Waals surface area contributed by atoms with E-state index < -0.39 is 0 Å². The molecule has 0 amide bonds. The van der Waals surface area contributed by atoms with Gasteiger partial charge in [-0.05, 0) is 104 Å². The van der Waals surface area contributed by atoms with Crippen molar-refractivity contribution in [1.82, 2.24) is 0 Å². The summed E-state index contributed by atoms with van der Waals surface area (Å²) >= 11 is 0. The highest BCUT2D eigenvalue weighted by atomic mass is 16.3. The summed E-state index contributed by atoms with van der Waals surface area (Å²) in [6.45, 7) is 15.1. The SMILES string of the molecule is C.CC(C)C(C)CCC(C)C1CCC2C3CC=C4CC(O)CCC4(C)C3CCC12C. The minimum absolute atomic E-state index is 0. The van der Waals surface area contributed by atoms with Crippen LogP contribution in [-0.2, 0) is 0 Å². The summed E-state index contributed by atoms with van der Waals surface area (Å²) in [6.07, 6.45) is 15.7. The topological polar surface area (TPSA) is 20.2 Å². The molecular formula is C29H52O. The standard InChI is InChI=1S/C28H48O.CH4/c1-18(2)19(3)7-8-20(4)24-11-12-25-23-10-9-21-17-22(29)13-15-27(21,5)26(23)14-16-28(24,25)6;/h9,18-20,22-26,29H,7-8,10-17H2,1-6H3;1H4. The van der Waals surface area contributed by atoms with Crippen molar-refractivity contribution < 1.29 is 5.11 Å². The largest absolute Gasteiger partial charge is 0.393 e. The fraction of sp³-hybridized carbons (Fsp3) is 0.931. The molecule has 0 saturated heterocycles. The van der Waals surface area contributed by atoms with E-state index in [2.05, 4.69) is 47.6 Å². The van der Waals surface area contributed by atoms with E-state index in [1.807, 2.05) is 0 Å². The van der Waals surface area contributed by atoms with Crippen molar-refractivity contribution in [1.29, 1.82) is 0 Å². The smallest absolute Gasteiger partial charge is 0.0577 e. The fourth-order valence-corrected chi connectivity index (χ4v) is 8.68. The van der Waals surface area contributed by atoms with Crippen LogP contribution in [0.15, 0.2) is 11.6 Å². The summed E-state index contributed by atoms with van der Waals surface area (Å²) in [5, 5.41) is 10.2. The van der Waals surface area contributed by atoms with Crippen molar-refractivity contribution in [3.05, 3.63) is 11.6 Å². The Morgan fingerprint density at radius 3 is 2.40 bits per heavy atom. The monoisotopic (exact) mass is 416 g/mol. The highest BCUT2D eigenvalue weighted by Crippen LogP contribution is 2.67. The first kappa shape index (κ1) is 24.3. The van der Waals surface area contributed by atoms with Gasteiger partial charge in [0.15, 0.2) is 0 Å². The van der Waals surface area contributed by atoms with Crippen LogP contribution >= 0.6 is 0 Å². The number of fused-ring (bicyclic) bond motifs is 5. The van der Waals surface area contributed by atoms with E-state index in [-0.39, 0.29) is 13.5 Å². The lowest BCUT2D eigenvalue weighted by Gasteiger charge is -2.58. The molecule has 1 heteroatoms. The van der Waals surface area contributed by atoms with Gasteiger partial charge in [0.25, 0.3) is 0 Å². The molecule has 0 radical (unpaired) electrons. The number of aliphatic hydroxyl groups excluding tert-OH is 1. The molecule has 1 nitrogen and oxygen atoms in total. The minimum atomic E-state index is -0.0790. The third-order valence-electron chi connectivity index (χ3n) is 11.1. The molecule has 3 saturated carbocycles. The number of aliphatic hydroxyl groups is 1. The van der Waals surface area contributed by atoms with Crippen LogP contribution in [0.2, 0.25) is 0 Å². The molecule has 4 aliphatic rings. The molecule has 0 spiro atoms. The first-order chi connectivity index (χ1) is 13.7. The van der Waals surface area contributed by atoms with Gasteiger partial charge < -0.3 is 5.11 Å². The Hall–Kier alpha value is -0.300. The highest BCUT2D eigenvalue weighted by molar-refractivity contribution is 5.25. The zero-order valence-electron chi connectivity index (χ0n) is 20.2. The van der Waals surface area contributed by atoms with Gasteiger partial charge in [0, 0.05) is 0 Å². The molecule has 4 rings (SSSR count). The Labute approximate surface area is 188 Å². The lowest BCUT2D eigenvalue weighted by atomic mass is 9.47.